The van der Waals surface area contributed by atoms with Crippen LogP contribution in [0.5, 0.6) is 0 Å². The van der Waals surface area contributed by atoms with E-state index in [9.17, 15) is 4.39 Å². The molecule has 0 bridgehead atoms. The van der Waals surface area contributed by atoms with Crippen LogP contribution in [0, 0.1) is 5.82 Å². The number of nitrogens with one attached hydrogen (secondary N) is 1. The molecular formula is C12H16FNS. The van der Waals surface area contributed by atoms with Crippen molar-refractivity contribution in [1.82, 2.24) is 5.32 Å². The van der Waals surface area contributed by atoms with E-state index in [1.807, 2.05) is 23.9 Å². The first-order chi connectivity index (χ1) is 7.16. The van der Waals surface area contributed by atoms with Crippen molar-refractivity contribution in [3.63, 3.8) is 0 Å². The van der Waals surface area contributed by atoms with Gasteiger partial charge in [-0.3, -0.25) is 0 Å². The van der Waals surface area contributed by atoms with Crippen molar-refractivity contribution in [2.24, 2.45) is 0 Å². The first-order valence-electron chi connectivity index (χ1n) is 5.31. The lowest BCUT2D eigenvalue weighted by Crippen LogP contribution is -2.39. The molecule has 1 heterocycles. The van der Waals surface area contributed by atoms with E-state index in [-0.39, 0.29) is 5.82 Å². The van der Waals surface area contributed by atoms with Crippen LogP contribution in [-0.2, 0) is 0 Å². The lowest BCUT2D eigenvalue weighted by molar-refractivity contribution is 0.509. The lowest BCUT2D eigenvalue weighted by atomic mass is 10.0. The maximum atomic E-state index is 12.8. The van der Waals surface area contributed by atoms with Crippen molar-refractivity contribution in [2.45, 2.75) is 30.4 Å². The molecule has 1 aliphatic rings. The van der Waals surface area contributed by atoms with Gasteiger partial charge in [0.2, 0.25) is 0 Å². The van der Waals surface area contributed by atoms with Crippen LogP contribution in [0.4, 0.5) is 4.39 Å². The van der Waals surface area contributed by atoms with Gasteiger partial charge in [0, 0.05) is 23.1 Å². The van der Waals surface area contributed by atoms with Gasteiger partial charge in [-0.15, -0.1) is 0 Å². The van der Waals surface area contributed by atoms with Crippen LogP contribution in [0.3, 0.4) is 0 Å². The Bertz CT molecular complexity index is 325. The smallest absolute Gasteiger partial charge is 0.123 e. The molecule has 3 atom stereocenters. The van der Waals surface area contributed by atoms with Crippen molar-refractivity contribution in [3.05, 3.63) is 35.6 Å². The lowest BCUT2D eigenvalue weighted by Gasteiger charge is -2.33. The highest BCUT2D eigenvalue weighted by molar-refractivity contribution is 8.00. The summed E-state index contributed by atoms with van der Waals surface area (Å²) in [6.07, 6.45) is 0. The summed E-state index contributed by atoms with van der Waals surface area (Å²) in [4.78, 5) is 0. The summed E-state index contributed by atoms with van der Waals surface area (Å²) in [6.45, 7) is 5.48. The fourth-order valence-electron chi connectivity index (χ4n) is 2.01. The summed E-state index contributed by atoms with van der Waals surface area (Å²) in [5.41, 5.74) is 1.18. The van der Waals surface area contributed by atoms with E-state index in [4.69, 9.17) is 0 Å². The first kappa shape index (κ1) is 11.0. The van der Waals surface area contributed by atoms with Crippen molar-refractivity contribution in [2.75, 3.05) is 6.54 Å². The highest BCUT2D eigenvalue weighted by Crippen LogP contribution is 2.32. The average molecular weight is 225 g/mol. The van der Waals surface area contributed by atoms with Gasteiger partial charge in [-0.05, 0) is 17.7 Å². The minimum atomic E-state index is -0.164. The number of halogens is 1. The summed E-state index contributed by atoms with van der Waals surface area (Å²) < 4.78 is 12.8. The summed E-state index contributed by atoms with van der Waals surface area (Å²) in [5, 5.41) is 4.72. The second-order valence-corrected chi connectivity index (χ2v) is 5.91. The second kappa shape index (κ2) is 4.54. The van der Waals surface area contributed by atoms with E-state index >= 15 is 0 Å². The van der Waals surface area contributed by atoms with Crippen LogP contribution in [0.1, 0.15) is 25.5 Å². The second-order valence-electron chi connectivity index (χ2n) is 4.09. The Balaban J connectivity index is 2.13. The highest BCUT2D eigenvalue weighted by atomic mass is 32.2. The Labute approximate surface area is 94.5 Å². The van der Waals surface area contributed by atoms with Crippen molar-refractivity contribution in [3.8, 4) is 0 Å². The zero-order chi connectivity index (χ0) is 10.8. The molecule has 0 saturated carbocycles. The Morgan fingerprint density at radius 2 is 1.93 bits per heavy atom. The van der Waals surface area contributed by atoms with Gasteiger partial charge in [-0.1, -0.05) is 26.0 Å². The Morgan fingerprint density at radius 1 is 1.27 bits per heavy atom. The van der Waals surface area contributed by atoms with Gasteiger partial charge in [0.25, 0.3) is 0 Å². The SMILES string of the molecule is CC1CNC(c2ccc(F)cc2)C(C)S1. The maximum Gasteiger partial charge on any atom is 0.123 e. The molecule has 1 fully saturated rings. The highest BCUT2D eigenvalue weighted by Gasteiger charge is 2.26. The molecule has 82 valence electrons. The van der Waals surface area contributed by atoms with Crippen molar-refractivity contribution < 1.29 is 4.39 Å². The minimum absolute atomic E-state index is 0.164. The molecule has 1 aliphatic heterocycles. The van der Waals surface area contributed by atoms with Crippen molar-refractivity contribution in [1.29, 1.82) is 0 Å². The van der Waals surface area contributed by atoms with E-state index < -0.39 is 0 Å². The number of hydrogen-bond acceptors (Lipinski definition) is 2. The van der Waals surface area contributed by atoms with Crippen LogP contribution in [0.15, 0.2) is 24.3 Å². The molecule has 0 aromatic heterocycles. The normalized spacial score (nSPS) is 31.5. The molecule has 1 aromatic carbocycles. The number of thioether (sulfide) groups is 1. The zero-order valence-electron chi connectivity index (χ0n) is 9.03. The molecule has 3 unspecified atom stereocenters. The zero-order valence-corrected chi connectivity index (χ0v) is 9.85. The summed E-state index contributed by atoms with van der Waals surface area (Å²) in [5.74, 6) is -0.164. The molecular weight excluding hydrogens is 209 g/mol. The largest absolute Gasteiger partial charge is 0.308 e. The molecule has 0 amide bonds. The third-order valence-corrected chi connectivity index (χ3v) is 4.10. The Morgan fingerprint density at radius 3 is 2.53 bits per heavy atom. The fourth-order valence-corrected chi connectivity index (χ4v) is 3.35. The van der Waals surface area contributed by atoms with Gasteiger partial charge >= 0.3 is 0 Å². The summed E-state index contributed by atoms with van der Waals surface area (Å²) in [6, 6.07) is 7.17. The van der Waals surface area contributed by atoms with Crippen LogP contribution in [0.25, 0.3) is 0 Å². The standard InChI is InChI=1S/C12H16FNS/c1-8-7-14-12(9(2)15-8)10-3-5-11(13)6-4-10/h3-6,8-9,12,14H,7H2,1-2H3. The molecule has 3 heteroatoms. The van der Waals surface area contributed by atoms with E-state index in [2.05, 4.69) is 19.2 Å². The van der Waals surface area contributed by atoms with Gasteiger partial charge in [0.1, 0.15) is 5.82 Å². The predicted molar refractivity (Wildman–Crippen MR) is 63.7 cm³/mol. The predicted octanol–water partition coefficient (Wildman–Crippen LogP) is 2.98. The molecule has 1 aromatic rings. The van der Waals surface area contributed by atoms with Crippen LogP contribution >= 0.6 is 11.8 Å². The number of rotatable bonds is 1. The molecule has 1 saturated heterocycles. The van der Waals surface area contributed by atoms with Gasteiger partial charge in [-0.2, -0.15) is 11.8 Å². The molecule has 15 heavy (non-hydrogen) atoms. The molecule has 0 aliphatic carbocycles. The molecule has 0 spiro atoms. The van der Waals surface area contributed by atoms with Crippen LogP contribution < -0.4 is 5.32 Å². The van der Waals surface area contributed by atoms with Crippen molar-refractivity contribution >= 4 is 11.8 Å². The number of hydrogen-bond donors (Lipinski definition) is 1. The minimum Gasteiger partial charge on any atom is -0.308 e. The van der Waals surface area contributed by atoms with E-state index in [0.717, 1.165) is 6.54 Å². The molecule has 0 radical (unpaired) electrons. The monoisotopic (exact) mass is 225 g/mol. The van der Waals surface area contributed by atoms with Gasteiger partial charge in [0.05, 0.1) is 0 Å². The van der Waals surface area contributed by atoms with E-state index in [0.29, 0.717) is 16.5 Å². The molecule has 1 nitrogen and oxygen atoms in total. The van der Waals surface area contributed by atoms with Gasteiger partial charge in [-0.25, -0.2) is 4.39 Å². The summed E-state index contributed by atoms with van der Waals surface area (Å²) >= 11 is 1.99. The Kier molecular flexibility index (Phi) is 3.32. The van der Waals surface area contributed by atoms with Gasteiger partial charge in [0.15, 0.2) is 0 Å². The third kappa shape index (κ3) is 2.52. The first-order valence-corrected chi connectivity index (χ1v) is 6.25. The van der Waals surface area contributed by atoms with Gasteiger partial charge < -0.3 is 5.32 Å². The third-order valence-electron chi connectivity index (χ3n) is 2.77. The quantitative estimate of drug-likeness (QED) is 0.788. The fraction of sp³-hybridized carbons (Fsp3) is 0.500. The maximum absolute atomic E-state index is 12.8. The molecule has 1 N–H and O–H groups in total. The topological polar surface area (TPSA) is 12.0 Å². The van der Waals surface area contributed by atoms with Crippen LogP contribution in [-0.4, -0.2) is 17.0 Å². The summed E-state index contributed by atoms with van der Waals surface area (Å²) in [7, 11) is 0. The number of benzene rings is 1. The molecule has 2 rings (SSSR count). The van der Waals surface area contributed by atoms with Crippen LogP contribution in [0.2, 0.25) is 0 Å². The van der Waals surface area contributed by atoms with E-state index in [1.54, 1.807) is 0 Å². The van der Waals surface area contributed by atoms with E-state index in [1.165, 1.54) is 17.7 Å². The average Bonchev–Trinajstić information content (AvgIpc) is 2.20. The Hall–Kier alpha value is -0.540.